The lowest BCUT2D eigenvalue weighted by atomic mass is 9.85. The summed E-state index contributed by atoms with van der Waals surface area (Å²) < 4.78 is 0. The number of hydrogen-bond donors (Lipinski definition) is 1. The molecule has 0 radical (unpaired) electrons. The zero-order valence-electron chi connectivity index (χ0n) is 12.1. The average molecular weight is 257 g/mol. The van der Waals surface area contributed by atoms with Gasteiger partial charge in [0.05, 0.1) is 5.92 Å². The average Bonchev–Trinajstić information content (AvgIpc) is 2.45. The summed E-state index contributed by atoms with van der Waals surface area (Å²) in [4.78, 5) is 12.3. The Balaban J connectivity index is 2.74. The van der Waals surface area contributed by atoms with Crippen molar-refractivity contribution in [2.45, 2.75) is 39.5 Å². The minimum atomic E-state index is -0.0687. The molecule has 2 unspecified atom stereocenters. The maximum atomic E-state index is 12.3. The van der Waals surface area contributed by atoms with Gasteiger partial charge in [-0.2, -0.15) is 0 Å². The van der Waals surface area contributed by atoms with E-state index in [0.29, 0.717) is 18.9 Å². The van der Waals surface area contributed by atoms with Crippen LogP contribution in [0.1, 0.15) is 45.1 Å². The minimum absolute atomic E-state index is 0.0687. The second-order valence-corrected chi connectivity index (χ2v) is 4.74. The van der Waals surface area contributed by atoms with Crippen LogP contribution in [0.3, 0.4) is 0 Å². The van der Waals surface area contributed by atoms with Gasteiger partial charge in [-0.1, -0.05) is 50.6 Å². The first kappa shape index (κ1) is 15.3. The predicted octanol–water partition coefficient (Wildman–Crippen LogP) is 3.35. The highest BCUT2D eigenvalue weighted by atomic mass is 16.1. The summed E-state index contributed by atoms with van der Waals surface area (Å²) in [5.41, 5.74) is 1.09. The third-order valence-electron chi connectivity index (χ3n) is 3.38. The zero-order chi connectivity index (χ0) is 14.1. The lowest BCUT2D eigenvalue weighted by Gasteiger charge is -2.22. The fourth-order valence-electron chi connectivity index (χ4n) is 2.12. The Morgan fingerprint density at radius 1 is 1.32 bits per heavy atom. The molecule has 2 atom stereocenters. The fraction of sp³-hybridized carbons (Fsp3) is 0.471. The van der Waals surface area contributed by atoms with Gasteiger partial charge in [0.25, 0.3) is 0 Å². The SMILES string of the molecule is CC#CCCNC(=O)C(c1ccccc1)C(C)CC. The first-order chi connectivity index (χ1) is 9.20. The Kier molecular flexibility index (Phi) is 6.74. The van der Waals surface area contributed by atoms with Gasteiger partial charge in [-0.3, -0.25) is 4.79 Å². The summed E-state index contributed by atoms with van der Waals surface area (Å²) >= 11 is 0. The normalized spacial score (nSPS) is 13.0. The fourth-order valence-corrected chi connectivity index (χ4v) is 2.12. The van der Waals surface area contributed by atoms with Crippen molar-refractivity contribution in [1.82, 2.24) is 5.32 Å². The van der Waals surface area contributed by atoms with E-state index >= 15 is 0 Å². The summed E-state index contributed by atoms with van der Waals surface area (Å²) in [6, 6.07) is 10.0. The third-order valence-corrected chi connectivity index (χ3v) is 3.38. The molecular formula is C17H23NO. The van der Waals surface area contributed by atoms with Crippen LogP contribution in [-0.4, -0.2) is 12.5 Å². The van der Waals surface area contributed by atoms with E-state index in [9.17, 15) is 4.79 Å². The largest absolute Gasteiger partial charge is 0.355 e. The van der Waals surface area contributed by atoms with Gasteiger partial charge in [0, 0.05) is 13.0 Å². The number of nitrogens with one attached hydrogen (secondary N) is 1. The summed E-state index contributed by atoms with van der Waals surface area (Å²) in [6.45, 7) is 6.69. The molecule has 1 aromatic carbocycles. The summed E-state index contributed by atoms with van der Waals surface area (Å²) in [7, 11) is 0. The molecule has 1 aromatic rings. The molecule has 102 valence electrons. The third kappa shape index (κ3) is 4.79. The standard InChI is InChI=1S/C17H23NO/c1-4-6-10-13-18-17(19)16(14(3)5-2)15-11-8-7-9-12-15/h7-9,11-12,14,16H,5,10,13H2,1-3H3,(H,18,19). The Morgan fingerprint density at radius 2 is 2.00 bits per heavy atom. The first-order valence-electron chi connectivity index (χ1n) is 6.93. The van der Waals surface area contributed by atoms with Crippen molar-refractivity contribution in [2.75, 3.05) is 6.54 Å². The van der Waals surface area contributed by atoms with Gasteiger partial charge in [0.2, 0.25) is 5.91 Å². The van der Waals surface area contributed by atoms with Crippen molar-refractivity contribution in [3.05, 3.63) is 35.9 Å². The van der Waals surface area contributed by atoms with Crippen molar-refractivity contribution in [2.24, 2.45) is 5.92 Å². The van der Waals surface area contributed by atoms with E-state index < -0.39 is 0 Å². The number of benzene rings is 1. The highest BCUT2D eigenvalue weighted by molar-refractivity contribution is 5.83. The highest BCUT2D eigenvalue weighted by Crippen LogP contribution is 2.26. The zero-order valence-corrected chi connectivity index (χ0v) is 12.1. The number of amides is 1. The van der Waals surface area contributed by atoms with Gasteiger partial charge in [-0.15, -0.1) is 11.8 Å². The van der Waals surface area contributed by atoms with Crippen LogP contribution in [-0.2, 0) is 4.79 Å². The van der Waals surface area contributed by atoms with Crippen LogP contribution in [0.15, 0.2) is 30.3 Å². The van der Waals surface area contributed by atoms with Crippen molar-refractivity contribution < 1.29 is 4.79 Å². The molecule has 19 heavy (non-hydrogen) atoms. The molecule has 0 saturated carbocycles. The molecule has 0 saturated heterocycles. The van der Waals surface area contributed by atoms with Crippen LogP contribution in [0.5, 0.6) is 0 Å². The Bertz CT molecular complexity index is 441. The maximum absolute atomic E-state index is 12.3. The topological polar surface area (TPSA) is 29.1 Å². The van der Waals surface area contributed by atoms with Crippen LogP contribution in [0.2, 0.25) is 0 Å². The van der Waals surface area contributed by atoms with E-state index in [4.69, 9.17) is 0 Å². The van der Waals surface area contributed by atoms with Crippen molar-refractivity contribution in [3.8, 4) is 11.8 Å². The molecule has 2 heteroatoms. The number of rotatable bonds is 6. The van der Waals surface area contributed by atoms with Gasteiger partial charge >= 0.3 is 0 Å². The molecule has 0 aliphatic carbocycles. The van der Waals surface area contributed by atoms with Crippen LogP contribution in [0, 0.1) is 17.8 Å². The molecule has 0 aliphatic rings. The Morgan fingerprint density at radius 3 is 2.58 bits per heavy atom. The second kappa shape index (κ2) is 8.37. The molecule has 0 bridgehead atoms. The smallest absolute Gasteiger partial charge is 0.227 e. The first-order valence-corrected chi connectivity index (χ1v) is 6.93. The monoisotopic (exact) mass is 257 g/mol. The molecule has 0 heterocycles. The highest BCUT2D eigenvalue weighted by Gasteiger charge is 2.25. The van der Waals surface area contributed by atoms with E-state index in [1.54, 1.807) is 0 Å². The molecule has 0 aromatic heterocycles. The van der Waals surface area contributed by atoms with E-state index in [2.05, 4.69) is 31.0 Å². The predicted molar refractivity (Wildman–Crippen MR) is 79.7 cm³/mol. The van der Waals surface area contributed by atoms with Gasteiger partial charge in [0.1, 0.15) is 0 Å². The molecule has 0 fully saturated rings. The summed E-state index contributed by atoms with van der Waals surface area (Å²) in [6.07, 6.45) is 1.70. The lowest BCUT2D eigenvalue weighted by molar-refractivity contribution is -0.123. The summed E-state index contributed by atoms with van der Waals surface area (Å²) in [5, 5.41) is 2.99. The second-order valence-electron chi connectivity index (χ2n) is 4.74. The molecule has 1 N–H and O–H groups in total. The maximum Gasteiger partial charge on any atom is 0.227 e. The van der Waals surface area contributed by atoms with Crippen molar-refractivity contribution in [1.29, 1.82) is 0 Å². The molecule has 1 amide bonds. The van der Waals surface area contributed by atoms with Gasteiger partial charge in [0.15, 0.2) is 0 Å². The van der Waals surface area contributed by atoms with Crippen molar-refractivity contribution in [3.63, 3.8) is 0 Å². The van der Waals surface area contributed by atoms with Gasteiger partial charge < -0.3 is 5.32 Å². The Hall–Kier alpha value is -1.75. The number of carbonyl (C=O) groups is 1. The molecule has 1 rings (SSSR count). The van der Waals surface area contributed by atoms with Crippen LogP contribution in [0.25, 0.3) is 0 Å². The molecule has 2 nitrogen and oxygen atoms in total. The molecular weight excluding hydrogens is 234 g/mol. The minimum Gasteiger partial charge on any atom is -0.355 e. The van der Waals surface area contributed by atoms with Gasteiger partial charge in [-0.25, -0.2) is 0 Å². The summed E-state index contributed by atoms with van der Waals surface area (Å²) in [5.74, 6) is 6.17. The van der Waals surface area contributed by atoms with E-state index in [1.165, 1.54) is 0 Å². The van der Waals surface area contributed by atoms with Gasteiger partial charge in [-0.05, 0) is 18.4 Å². The molecule has 0 spiro atoms. The van der Waals surface area contributed by atoms with E-state index in [0.717, 1.165) is 12.0 Å². The Labute approximate surface area is 116 Å². The number of carbonyl (C=O) groups excluding carboxylic acids is 1. The van der Waals surface area contributed by atoms with E-state index in [1.807, 2.05) is 37.3 Å². The molecule has 0 aliphatic heterocycles. The quantitative estimate of drug-likeness (QED) is 0.614. The number of hydrogen-bond acceptors (Lipinski definition) is 1. The van der Waals surface area contributed by atoms with Crippen LogP contribution >= 0.6 is 0 Å². The van der Waals surface area contributed by atoms with Crippen LogP contribution < -0.4 is 5.32 Å². The van der Waals surface area contributed by atoms with Crippen LogP contribution in [0.4, 0.5) is 0 Å². The lowest BCUT2D eigenvalue weighted by Crippen LogP contribution is -2.33. The van der Waals surface area contributed by atoms with E-state index in [-0.39, 0.29) is 11.8 Å². The van der Waals surface area contributed by atoms with Crippen molar-refractivity contribution >= 4 is 5.91 Å².